The molecule has 3 rings (SSSR count). The second-order valence-electron chi connectivity index (χ2n) is 5.15. The van der Waals surface area contributed by atoms with Gasteiger partial charge in [-0.2, -0.15) is 0 Å². The van der Waals surface area contributed by atoms with Crippen LogP contribution in [0.4, 0.5) is 5.82 Å². The van der Waals surface area contributed by atoms with Crippen LogP contribution in [0.25, 0.3) is 10.8 Å². The van der Waals surface area contributed by atoms with Gasteiger partial charge in [0.2, 0.25) is 0 Å². The predicted molar refractivity (Wildman–Crippen MR) is 90.0 cm³/mol. The number of anilines is 1. The van der Waals surface area contributed by atoms with Crippen LogP contribution in [0, 0.1) is 0 Å². The number of fused-ring (bicyclic) bond motifs is 1. The van der Waals surface area contributed by atoms with Gasteiger partial charge in [0, 0.05) is 10.3 Å². The highest BCUT2D eigenvalue weighted by Crippen LogP contribution is 2.29. The summed E-state index contributed by atoms with van der Waals surface area (Å²) in [5.74, 6) is 0.533. The van der Waals surface area contributed by atoms with Crippen LogP contribution in [-0.2, 0) is 0 Å². The van der Waals surface area contributed by atoms with Gasteiger partial charge in [0.25, 0.3) is 5.56 Å². The second-order valence-corrected chi connectivity index (χ2v) is 6.13. The van der Waals surface area contributed by atoms with E-state index in [1.165, 1.54) is 4.88 Å². The highest BCUT2D eigenvalue weighted by molar-refractivity contribution is 7.10. The first kappa shape index (κ1) is 13.9. The number of benzene rings is 1. The fourth-order valence-corrected chi connectivity index (χ4v) is 3.62. The number of thiophene rings is 1. The third-order valence-corrected chi connectivity index (χ3v) is 4.71. The number of hydrogen-bond acceptors (Lipinski definition) is 3. The van der Waals surface area contributed by atoms with Crippen molar-refractivity contribution in [2.24, 2.45) is 0 Å². The Bertz CT molecular complexity index is 805. The molecule has 2 aromatic heterocycles. The molecule has 4 heteroatoms. The third-order valence-electron chi connectivity index (χ3n) is 3.74. The minimum absolute atomic E-state index is 0.00236. The fraction of sp³-hybridized carbons (Fsp3) is 0.235. The van der Waals surface area contributed by atoms with Crippen LogP contribution in [0.15, 0.2) is 52.6 Å². The monoisotopic (exact) mass is 298 g/mol. The Morgan fingerprint density at radius 1 is 1.24 bits per heavy atom. The minimum Gasteiger partial charge on any atom is -0.385 e. The van der Waals surface area contributed by atoms with Crippen molar-refractivity contribution in [3.63, 3.8) is 0 Å². The van der Waals surface area contributed by atoms with Crippen molar-refractivity contribution in [2.45, 2.75) is 25.8 Å². The van der Waals surface area contributed by atoms with Gasteiger partial charge in [-0.3, -0.25) is 9.36 Å². The number of nitrogens with zero attached hydrogens (tertiary/aromatic N) is 1. The van der Waals surface area contributed by atoms with Gasteiger partial charge in [-0.25, -0.2) is 0 Å². The molecule has 1 unspecified atom stereocenters. The first-order chi connectivity index (χ1) is 10.2. The largest absolute Gasteiger partial charge is 0.385 e. The summed E-state index contributed by atoms with van der Waals surface area (Å²) in [4.78, 5) is 14.0. The van der Waals surface area contributed by atoms with Crippen LogP contribution in [0.3, 0.4) is 0 Å². The minimum atomic E-state index is -0.00236. The van der Waals surface area contributed by atoms with Gasteiger partial charge < -0.3 is 5.73 Å². The van der Waals surface area contributed by atoms with Crippen molar-refractivity contribution in [3.8, 4) is 0 Å². The summed E-state index contributed by atoms with van der Waals surface area (Å²) >= 11 is 1.67. The average molecular weight is 298 g/mol. The van der Waals surface area contributed by atoms with Crippen LogP contribution in [0.2, 0.25) is 0 Å². The standard InChI is InChI=1S/C17H18N2OS/c1-2-6-14(15-9-5-10-21-15)19-16(18)11-12-7-3-4-8-13(12)17(19)20/h3-5,7-11,14H,2,6,18H2,1H3. The van der Waals surface area contributed by atoms with Crippen molar-refractivity contribution in [3.05, 3.63) is 63.1 Å². The van der Waals surface area contributed by atoms with E-state index in [0.29, 0.717) is 5.82 Å². The van der Waals surface area contributed by atoms with Crippen LogP contribution in [0.1, 0.15) is 30.7 Å². The summed E-state index contributed by atoms with van der Waals surface area (Å²) < 4.78 is 1.75. The average Bonchev–Trinajstić information content (AvgIpc) is 3.00. The molecule has 108 valence electrons. The van der Waals surface area contributed by atoms with Gasteiger partial charge in [-0.05, 0) is 35.4 Å². The summed E-state index contributed by atoms with van der Waals surface area (Å²) in [7, 11) is 0. The van der Waals surface area contributed by atoms with Crippen LogP contribution in [-0.4, -0.2) is 4.57 Å². The zero-order valence-corrected chi connectivity index (χ0v) is 12.8. The molecular weight excluding hydrogens is 280 g/mol. The first-order valence-corrected chi connectivity index (χ1v) is 8.03. The molecule has 3 aromatic rings. The summed E-state index contributed by atoms with van der Waals surface area (Å²) in [5, 5.41) is 3.67. The Kier molecular flexibility index (Phi) is 3.80. The van der Waals surface area contributed by atoms with Gasteiger partial charge in [0.15, 0.2) is 0 Å². The maximum atomic E-state index is 12.8. The molecule has 0 aliphatic carbocycles. The molecule has 21 heavy (non-hydrogen) atoms. The summed E-state index contributed by atoms with van der Waals surface area (Å²) in [6.45, 7) is 2.13. The lowest BCUT2D eigenvalue weighted by atomic mass is 10.1. The Morgan fingerprint density at radius 2 is 2.05 bits per heavy atom. The lowest BCUT2D eigenvalue weighted by molar-refractivity contribution is 0.535. The molecule has 0 spiro atoms. The van der Waals surface area contributed by atoms with Gasteiger partial charge >= 0.3 is 0 Å². The molecule has 0 bridgehead atoms. The first-order valence-electron chi connectivity index (χ1n) is 7.15. The molecule has 0 aliphatic rings. The van der Waals surface area contributed by atoms with Crippen LogP contribution >= 0.6 is 11.3 Å². The van der Waals surface area contributed by atoms with E-state index in [-0.39, 0.29) is 11.6 Å². The summed E-state index contributed by atoms with van der Waals surface area (Å²) in [5.41, 5.74) is 6.19. The van der Waals surface area contributed by atoms with Crippen molar-refractivity contribution in [2.75, 3.05) is 5.73 Å². The topological polar surface area (TPSA) is 48.0 Å². The van der Waals surface area contributed by atoms with E-state index >= 15 is 0 Å². The van der Waals surface area contributed by atoms with Gasteiger partial charge in [-0.1, -0.05) is 37.6 Å². The Hall–Kier alpha value is -2.07. The van der Waals surface area contributed by atoms with Crippen molar-refractivity contribution < 1.29 is 0 Å². The normalized spacial score (nSPS) is 12.6. The van der Waals surface area contributed by atoms with Crippen LogP contribution < -0.4 is 11.3 Å². The third kappa shape index (κ3) is 2.47. The summed E-state index contributed by atoms with van der Waals surface area (Å²) in [6, 6.07) is 13.6. The molecule has 1 atom stereocenters. The lowest BCUT2D eigenvalue weighted by Gasteiger charge is -2.21. The lowest BCUT2D eigenvalue weighted by Crippen LogP contribution is -2.27. The fourth-order valence-electron chi connectivity index (χ4n) is 2.77. The van der Waals surface area contributed by atoms with Crippen molar-refractivity contribution >= 4 is 27.9 Å². The van der Waals surface area contributed by atoms with E-state index in [1.807, 2.05) is 41.8 Å². The molecule has 2 N–H and O–H groups in total. The van der Waals surface area contributed by atoms with E-state index in [1.54, 1.807) is 15.9 Å². The molecule has 0 fully saturated rings. The molecule has 0 radical (unpaired) electrons. The van der Waals surface area contributed by atoms with Crippen molar-refractivity contribution in [1.29, 1.82) is 0 Å². The zero-order chi connectivity index (χ0) is 14.8. The van der Waals surface area contributed by atoms with E-state index < -0.39 is 0 Å². The highest BCUT2D eigenvalue weighted by Gasteiger charge is 2.19. The molecule has 0 saturated heterocycles. The van der Waals surface area contributed by atoms with Gasteiger partial charge in [-0.15, -0.1) is 11.3 Å². The van der Waals surface area contributed by atoms with E-state index in [0.717, 1.165) is 23.6 Å². The van der Waals surface area contributed by atoms with E-state index in [4.69, 9.17) is 5.73 Å². The molecular formula is C17H18N2OS. The Labute approximate surface area is 127 Å². The smallest absolute Gasteiger partial charge is 0.260 e. The quantitative estimate of drug-likeness (QED) is 0.790. The molecule has 2 heterocycles. The molecule has 0 amide bonds. The number of pyridine rings is 1. The number of nitrogens with two attached hydrogens (primary N) is 1. The molecule has 3 nitrogen and oxygen atoms in total. The highest BCUT2D eigenvalue weighted by atomic mass is 32.1. The van der Waals surface area contributed by atoms with Gasteiger partial charge in [0.1, 0.15) is 5.82 Å². The Morgan fingerprint density at radius 3 is 2.76 bits per heavy atom. The second kappa shape index (κ2) is 5.74. The molecule has 0 saturated carbocycles. The Balaban J connectivity index is 2.25. The molecule has 0 aliphatic heterocycles. The maximum Gasteiger partial charge on any atom is 0.260 e. The summed E-state index contributed by atoms with van der Waals surface area (Å²) in [6.07, 6.45) is 1.91. The van der Waals surface area contributed by atoms with Crippen LogP contribution in [0.5, 0.6) is 0 Å². The molecule has 1 aromatic carbocycles. The zero-order valence-electron chi connectivity index (χ0n) is 12.0. The number of hydrogen-bond donors (Lipinski definition) is 1. The number of aromatic nitrogens is 1. The SMILES string of the molecule is CCCC(c1cccs1)n1c(N)cc2ccccc2c1=O. The van der Waals surface area contributed by atoms with Gasteiger partial charge in [0.05, 0.1) is 6.04 Å². The number of rotatable bonds is 4. The predicted octanol–water partition coefficient (Wildman–Crippen LogP) is 4.03. The maximum absolute atomic E-state index is 12.8. The van der Waals surface area contributed by atoms with E-state index in [2.05, 4.69) is 13.0 Å². The number of nitrogen functional groups attached to an aromatic ring is 1. The van der Waals surface area contributed by atoms with Crippen molar-refractivity contribution in [1.82, 2.24) is 4.57 Å². The van der Waals surface area contributed by atoms with E-state index in [9.17, 15) is 4.79 Å².